The predicted molar refractivity (Wildman–Crippen MR) is 69.8 cm³/mol. The molecule has 19 heavy (non-hydrogen) atoms. The van der Waals surface area contributed by atoms with E-state index in [2.05, 4.69) is 4.90 Å². The third kappa shape index (κ3) is 4.09. The van der Waals surface area contributed by atoms with E-state index in [0.29, 0.717) is 31.7 Å². The summed E-state index contributed by atoms with van der Waals surface area (Å²) in [7, 11) is 0. The summed E-state index contributed by atoms with van der Waals surface area (Å²) in [6.45, 7) is 2.85. The van der Waals surface area contributed by atoms with Gasteiger partial charge in [-0.2, -0.15) is 13.2 Å². The van der Waals surface area contributed by atoms with Gasteiger partial charge in [0.1, 0.15) is 0 Å². The summed E-state index contributed by atoms with van der Waals surface area (Å²) in [5.41, 5.74) is 5.57. The van der Waals surface area contributed by atoms with Gasteiger partial charge in [-0.1, -0.05) is 0 Å². The summed E-state index contributed by atoms with van der Waals surface area (Å²) < 4.78 is 37.9. The Bertz CT molecular complexity index is 264. The van der Waals surface area contributed by atoms with E-state index in [1.54, 1.807) is 0 Å². The van der Waals surface area contributed by atoms with Crippen LogP contribution in [0.5, 0.6) is 0 Å². The van der Waals surface area contributed by atoms with E-state index in [0.717, 1.165) is 44.8 Å². The molecular formula is C14H25F3N2. The monoisotopic (exact) mass is 278 g/mol. The lowest BCUT2D eigenvalue weighted by Gasteiger charge is -2.41. The van der Waals surface area contributed by atoms with Gasteiger partial charge in [0.15, 0.2) is 0 Å². The van der Waals surface area contributed by atoms with E-state index >= 15 is 0 Å². The summed E-state index contributed by atoms with van der Waals surface area (Å²) in [5, 5.41) is 0. The van der Waals surface area contributed by atoms with Gasteiger partial charge >= 0.3 is 6.18 Å². The average molecular weight is 278 g/mol. The second-order valence-corrected chi connectivity index (χ2v) is 6.10. The van der Waals surface area contributed by atoms with E-state index in [-0.39, 0.29) is 0 Å². The highest BCUT2D eigenvalue weighted by molar-refractivity contribution is 4.85. The fourth-order valence-corrected chi connectivity index (χ4v) is 3.61. The fourth-order valence-electron chi connectivity index (χ4n) is 3.61. The largest absolute Gasteiger partial charge is 0.391 e. The molecule has 0 aromatic heterocycles. The smallest absolute Gasteiger partial charge is 0.330 e. The Morgan fingerprint density at radius 3 is 2.00 bits per heavy atom. The molecule has 1 aliphatic carbocycles. The molecule has 2 fully saturated rings. The third-order valence-corrected chi connectivity index (χ3v) is 4.90. The maximum absolute atomic E-state index is 12.6. The van der Waals surface area contributed by atoms with Gasteiger partial charge in [-0.15, -0.1) is 0 Å². The van der Waals surface area contributed by atoms with Gasteiger partial charge in [-0.25, -0.2) is 0 Å². The summed E-state index contributed by atoms with van der Waals surface area (Å²) in [4.78, 5) is 2.42. The molecule has 0 aromatic carbocycles. The van der Waals surface area contributed by atoms with Crippen LogP contribution in [-0.2, 0) is 0 Å². The van der Waals surface area contributed by atoms with Gasteiger partial charge < -0.3 is 10.6 Å². The summed E-state index contributed by atoms with van der Waals surface area (Å²) in [6, 6.07) is 0.387. The lowest BCUT2D eigenvalue weighted by Crippen LogP contribution is -2.44. The van der Waals surface area contributed by atoms with Crippen molar-refractivity contribution < 1.29 is 13.2 Å². The molecule has 5 heteroatoms. The number of nitrogens with two attached hydrogens (primary N) is 1. The predicted octanol–water partition coefficient (Wildman–Crippen LogP) is 3.17. The Hall–Kier alpha value is -0.290. The van der Waals surface area contributed by atoms with Crippen molar-refractivity contribution in [2.75, 3.05) is 19.6 Å². The number of alkyl halides is 3. The molecule has 0 amide bonds. The van der Waals surface area contributed by atoms with E-state index in [4.69, 9.17) is 5.73 Å². The number of likely N-dealkylation sites (tertiary alicyclic amines) is 1. The van der Waals surface area contributed by atoms with Crippen molar-refractivity contribution in [2.24, 2.45) is 17.6 Å². The number of piperidine rings is 1. The van der Waals surface area contributed by atoms with E-state index in [1.807, 2.05) is 0 Å². The van der Waals surface area contributed by atoms with Crippen LogP contribution in [-0.4, -0.2) is 36.8 Å². The van der Waals surface area contributed by atoms with Gasteiger partial charge in [0, 0.05) is 6.04 Å². The van der Waals surface area contributed by atoms with Crippen molar-refractivity contribution in [1.29, 1.82) is 0 Å². The molecule has 1 aliphatic heterocycles. The summed E-state index contributed by atoms with van der Waals surface area (Å²) in [5.74, 6) is -0.328. The lowest BCUT2D eigenvalue weighted by atomic mass is 9.83. The lowest BCUT2D eigenvalue weighted by molar-refractivity contribution is -0.184. The molecule has 0 bridgehead atoms. The molecule has 1 saturated carbocycles. The first-order chi connectivity index (χ1) is 9.00. The first kappa shape index (κ1) is 15.1. The molecule has 0 aromatic rings. The molecule has 1 heterocycles. The number of hydrogen-bond donors (Lipinski definition) is 1. The maximum atomic E-state index is 12.6. The molecule has 2 aliphatic rings. The normalized spacial score (nSPS) is 31.6. The summed E-state index contributed by atoms with van der Waals surface area (Å²) >= 11 is 0. The first-order valence-corrected chi connectivity index (χ1v) is 7.51. The minimum absolute atomic E-state index is 0.316. The standard InChI is InChI=1S/C14H25F3N2/c15-14(16,17)12-1-3-13(4-2-12)19-9-6-11(5-8-18)7-10-19/h11-13H,1-10,18H2. The van der Waals surface area contributed by atoms with Crippen molar-refractivity contribution in [3.8, 4) is 0 Å². The van der Waals surface area contributed by atoms with Gasteiger partial charge in [-0.05, 0) is 70.5 Å². The second-order valence-electron chi connectivity index (χ2n) is 6.10. The van der Waals surface area contributed by atoms with Crippen molar-refractivity contribution in [3.63, 3.8) is 0 Å². The molecule has 0 radical (unpaired) electrons. The van der Waals surface area contributed by atoms with Crippen molar-refractivity contribution in [2.45, 2.75) is 57.2 Å². The minimum Gasteiger partial charge on any atom is -0.330 e. The zero-order valence-corrected chi connectivity index (χ0v) is 11.5. The van der Waals surface area contributed by atoms with Gasteiger partial charge in [0.05, 0.1) is 5.92 Å². The van der Waals surface area contributed by atoms with Crippen LogP contribution in [0.1, 0.15) is 44.9 Å². The number of hydrogen-bond acceptors (Lipinski definition) is 2. The van der Waals surface area contributed by atoms with E-state index < -0.39 is 12.1 Å². The Kier molecular flexibility index (Phi) is 5.12. The maximum Gasteiger partial charge on any atom is 0.391 e. The topological polar surface area (TPSA) is 29.3 Å². The molecule has 112 valence electrons. The molecule has 0 spiro atoms. The van der Waals surface area contributed by atoms with Crippen LogP contribution in [0.3, 0.4) is 0 Å². The Morgan fingerprint density at radius 1 is 0.947 bits per heavy atom. The van der Waals surface area contributed by atoms with Gasteiger partial charge in [0.2, 0.25) is 0 Å². The highest BCUT2D eigenvalue weighted by atomic mass is 19.4. The highest BCUT2D eigenvalue weighted by Crippen LogP contribution is 2.39. The molecule has 2 nitrogen and oxygen atoms in total. The van der Waals surface area contributed by atoms with Crippen molar-refractivity contribution in [3.05, 3.63) is 0 Å². The molecule has 0 atom stereocenters. The molecule has 1 saturated heterocycles. The minimum atomic E-state index is -3.99. The summed E-state index contributed by atoms with van der Waals surface area (Å²) in [6.07, 6.45) is 1.49. The SMILES string of the molecule is NCCC1CCN(C2CCC(C(F)(F)F)CC2)CC1. The molecule has 0 unspecified atom stereocenters. The molecular weight excluding hydrogens is 253 g/mol. The zero-order chi connectivity index (χ0) is 13.9. The molecule has 2 N–H and O–H groups in total. The highest BCUT2D eigenvalue weighted by Gasteiger charge is 2.42. The number of halogens is 3. The van der Waals surface area contributed by atoms with Crippen LogP contribution in [0.2, 0.25) is 0 Å². The van der Waals surface area contributed by atoms with Crippen LogP contribution in [0.4, 0.5) is 13.2 Å². The Morgan fingerprint density at radius 2 is 1.53 bits per heavy atom. The first-order valence-electron chi connectivity index (χ1n) is 7.51. The van der Waals surface area contributed by atoms with Gasteiger partial charge in [0.25, 0.3) is 0 Å². The average Bonchev–Trinajstić information content (AvgIpc) is 2.39. The van der Waals surface area contributed by atoms with Crippen LogP contribution in [0.15, 0.2) is 0 Å². The number of nitrogens with zero attached hydrogens (tertiary/aromatic N) is 1. The van der Waals surface area contributed by atoms with Gasteiger partial charge in [-0.3, -0.25) is 0 Å². The third-order valence-electron chi connectivity index (χ3n) is 4.90. The fraction of sp³-hybridized carbons (Fsp3) is 1.00. The van der Waals surface area contributed by atoms with Crippen LogP contribution < -0.4 is 5.73 Å². The van der Waals surface area contributed by atoms with Crippen LogP contribution in [0, 0.1) is 11.8 Å². The second kappa shape index (κ2) is 6.44. The van der Waals surface area contributed by atoms with Crippen LogP contribution in [0.25, 0.3) is 0 Å². The quantitative estimate of drug-likeness (QED) is 0.859. The zero-order valence-electron chi connectivity index (χ0n) is 11.5. The van der Waals surface area contributed by atoms with E-state index in [1.165, 1.54) is 0 Å². The number of rotatable bonds is 3. The van der Waals surface area contributed by atoms with Crippen molar-refractivity contribution >= 4 is 0 Å². The Balaban J connectivity index is 1.74. The Labute approximate surface area is 113 Å². The van der Waals surface area contributed by atoms with Crippen LogP contribution >= 0.6 is 0 Å². The molecule has 2 rings (SSSR count). The van der Waals surface area contributed by atoms with Crippen molar-refractivity contribution in [1.82, 2.24) is 4.90 Å². The van der Waals surface area contributed by atoms with E-state index in [9.17, 15) is 13.2 Å².